The van der Waals surface area contributed by atoms with E-state index in [0.29, 0.717) is 0 Å². The first-order valence-corrected chi connectivity index (χ1v) is 6.28. The highest BCUT2D eigenvalue weighted by atomic mass is 16.5. The van der Waals surface area contributed by atoms with E-state index in [0.717, 1.165) is 39.3 Å². The Hall–Kier alpha value is -0.610. The molecule has 0 saturated carbocycles. The Morgan fingerprint density at radius 3 is 2.94 bits per heavy atom. The zero-order valence-corrected chi connectivity index (χ0v) is 10.7. The molecule has 0 saturated heterocycles. The molecule has 0 bridgehead atoms. The van der Waals surface area contributed by atoms with Crippen LogP contribution in [-0.2, 0) is 4.74 Å². The van der Waals surface area contributed by atoms with Gasteiger partial charge in [0.15, 0.2) is 0 Å². The van der Waals surface area contributed by atoms with Crippen molar-refractivity contribution in [2.75, 3.05) is 46.9 Å². The summed E-state index contributed by atoms with van der Waals surface area (Å²) in [5.41, 5.74) is 0. The normalized spacial score (nSPS) is 17.1. The smallest absolute Gasteiger partial charge is 0.0963 e. The fourth-order valence-electron chi connectivity index (χ4n) is 1.64. The van der Waals surface area contributed by atoms with Crippen molar-refractivity contribution in [3.63, 3.8) is 0 Å². The van der Waals surface area contributed by atoms with Crippen LogP contribution in [0.25, 0.3) is 0 Å². The second kappa shape index (κ2) is 8.53. The lowest BCUT2D eigenvalue weighted by molar-refractivity contribution is 0.122. The highest BCUT2D eigenvalue weighted by molar-refractivity contribution is 5.82. The van der Waals surface area contributed by atoms with Crippen LogP contribution >= 0.6 is 0 Å². The minimum Gasteiger partial charge on any atom is -0.378 e. The van der Waals surface area contributed by atoms with Crippen LogP contribution in [0.2, 0.25) is 0 Å². The van der Waals surface area contributed by atoms with E-state index in [1.54, 1.807) is 0 Å². The Balaban J connectivity index is 1.95. The Bertz CT molecular complexity index is 204. The number of likely N-dealkylation sites (N-methyl/N-ethyl adjacent to an activating group) is 1. The Labute approximate surface area is 99.1 Å². The van der Waals surface area contributed by atoms with Crippen molar-refractivity contribution in [2.24, 2.45) is 4.99 Å². The predicted octanol–water partition coefficient (Wildman–Crippen LogP) is 1.13. The number of rotatable bonds is 6. The van der Waals surface area contributed by atoms with Gasteiger partial charge in [0.2, 0.25) is 0 Å². The quantitative estimate of drug-likeness (QED) is 0.691. The molecular weight excluding hydrogens is 202 g/mol. The summed E-state index contributed by atoms with van der Waals surface area (Å²) in [5.74, 6) is 1.17. The fraction of sp³-hybridized carbons (Fsp3) is 0.917. The fourth-order valence-corrected chi connectivity index (χ4v) is 1.64. The van der Waals surface area contributed by atoms with E-state index in [9.17, 15) is 0 Å². The van der Waals surface area contributed by atoms with Gasteiger partial charge in [-0.15, -0.1) is 0 Å². The molecule has 16 heavy (non-hydrogen) atoms. The maximum absolute atomic E-state index is 5.51. The molecule has 0 aromatic carbocycles. The average Bonchev–Trinajstić information content (AvgIpc) is 2.51. The van der Waals surface area contributed by atoms with Crippen LogP contribution in [0.5, 0.6) is 0 Å². The average molecular weight is 227 g/mol. The minimum atomic E-state index is 0.771. The van der Waals surface area contributed by atoms with Gasteiger partial charge in [-0.1, -0.05) is 6.42 Å². The topological polar surface area (TPSA) is 36.9 Å². The first-order valence-electron chi connectivity index (χ1n) is 6.28. The number of hydrogen-bond donors (Lipinski definition) is 1. The summed E-state index contributed by atoms with van der Waals surface area (Å²) in [4.78, 5) is 6.64. The molecule has 94 valence electrons. The molecule has 0 unspecified atom stereocenters. The molecule has 0 aromatic rings. The number of aliphatic imine (C=N–C) groups is 1. The predicted molar refractivity (Wildman–Crippen MR) is 68.1 cm³/mol. The van der Waals surface area contributed by atoms with Crippen molar-refractivity contribution in [1.82, 2.24) is 10.2 Å². The number of hydrogen-bond acceptors (Lipinski definition) is 4. The molecule has 0 atom stereocenters. The minimum absolute atomic E-state index is 0.771. The maximum Gasteiger partial charge on any atom is 0.0963 e. The van der Waals surface area contributed by atoms with E-state index in [1.807, 2.05) is 0 Å². The lowest BCUT2D eigenvalue weighted by atomic mass is 10.2. The molecule has 1 rings (SSSR count). The Morgan fingerprint density at radius 1 is 1.25 bits per heavy atom. The van der Waals surface area contributed by atoms with Crippen LogP contribution in [0.1, 0.15) is 25.7 Å². The molecule has 4 heteroatoms. The third-order valence-corrected chi connectivity index (χ3v) is 2.63. The van der Waals surface area contributed by atoms with E-state index in [-0.39, 0.29) is 0 Å². The highest BCUT2D eigenvalue weighted by Gasteiger charge is 2.02. The van der Waals surface area contributed by atoms with E-state index in [4.69, 9.17) is 4.74 Å². The number of nitrogens with one attached hydrogen (secondary N) is 1. The molecule has 0 amide bonds. The van der Waals surface area contributed by atoms with Crippen molar-refractivity contribution >= 4 is 5.84 Å². The molecular formula is C12H25N3O. The van der Waals surface area contributed by atoms with Gasteiger partial charge in [0.05, 0.1) is 19.0 Å². The first kappa shape index (κ1) is 13.5. The van der Waals surface area contributed by atoms with Gasteiger partial charge in [-0.05, 0) is 26.9 Å². The second-order valence-corrected chi connectivity index (χ2v) is 4.48. The van der Waals surface area contributed by atoms with Gasteiger partial charge in [0.25, 0.3) is 0 Å². The van der Waals surface area contributed by atoms with Gasteiger partial charge in [-0.2, -0.15) is 0 Å². The van der Waals surface area contributed by atoms with Gasteiger partial charge < -0.3 is 15.0 Å². The second-order valence-electron chi connectivity index (χ2n) is 4.48. The van der Waals surface area contributed by atoms with Gasteiger partial charge in [-0.3, -0.25) is 4.99 Å². The lowest BCUT2D eigenvalue weighted by Crippen LogP contribution is -2.28. The monoisotopic (exact) mass is 227 g/mol. The SMILES string of the molecule is CN(C)CCOCCNC1=NCCCCC1. The number of amidine groups is 1. The lowest BCUT2D eigenvalue weighted by Gasteiger charge is -2.11. The van der Waals surface area contributed by atoms with Crippen LogP contribution in [-0.4, -0.2) is 57.7 Å². The number of nitrogens with zero attached hydrogens (tertiary/aromatic N) is 2. The van der Waals surface area contributed by atoms with Gasteiger partial charge in [-0.25, -0.2) is 0 Å². The van der Waals surface area contributed by atoms with Crippen LogP contribution in [0.3, 0.4) is 0 Å². The molecule has 0 spiro atoms. The molecule has 0 aromatic heterocycles. The summed E-state index contributed by atoms with van der Waals surface area (Å²) >= 11 is 0. The summed E-state index contributed by atoms with van der Waals surface area (Å²) in [6.45, 7) is 4.44. The number of ether oxygens (including phenoxy) is 1. The van der Waals surface area contributed by atoms with E-state index >= 15 is 0 Å². The molecule has 0 aliphatic carbocycles. The van der Waals surface area contributed by atoms with Crippen LogP contribution < -0.4 is 5.32 Å². The molecule has 0 radical (unpaired) electrons. The maximum atomic E-state index is 5.51. The van der Waals surface area contributed by atoms with Crippen molar-refractivity contribution in [3.8, 4) is 0 Å². The van der Waals surface area contributed by atoms with Crippen LogP contribution in [0.15, 0.2) is 4.99 Å². The zero-order chi connectivity index (χ0) is 11.6. The van der Waals surface area contributed by atoms with Gasteiger partial charge in [0.1, 0.15) is 0 Å². The van der Waals surface area contributed by atoms with Crippen molar-refractivity contribution in [1.29, 1.82) is 0 Å². The molecule has 1 heterocycles. The van der Waals surface area contributed by atoms with Crippen molar-refractivity contribution in [3.05, 3.63) is 0 Å². The third-order valence-electron chi connectivity index (χ3n) is 2.63. The largest absolute Gasteiger partial charge is 0.378 e. The Morgan fingerprint density at radius 2 is 2.12 bits per heavy atom. The summed E-state index contributed by atoms with van der Waals surface area (Å²) in [7, 11) is 4.11. The Kier molecular flexibility index (Phi) is 7.17. The summed E-state index contributed by atoms with van der Waals surface area (Å²) < 4.78 is 5.51. The summed E-state index contributed by atoms with van der Waals surface area (Å²) in [6.07, 6.45) is 4.93. The highest BCUT2D eigenvalue weighted by Crippen LogP contribution is 2.05. The molecule has 1 N–H and O–H groups in total. The van der Waals surface area contributed by atoms with Crippen LogP contribution in [0, 0.1) is 0 Å². The van der Waals surface area contributed by atoms with E-state index in [2.05, 4.69) is 29.3 Å². The van der Waals surface area contributed by atoms with E-state index < -0.39 is 0 Å². The van der Waals surface area contributed by atoms with Gasteiger partial charge in [0, 0.05) is 26.1 Å². The molecule has 1 aliphatic rings. The third kappa shape index (κ3) is 6.80. The zero-order valence-electron chi connectivity index (χ0n) is 10.7. The molecule has 1 aliphatic heterocycles. The molecule has 0 fully saturated rings. The summed E-state index contributed by atoms with van der Waals surface area (Å²) in [6, 6.07) is 0. The van der Waals surface area contributed by atoms with E-state index in [1.165, 1.54) is 25.1 Å². The van der Waals surface area contributed by atoms with Crippen molar-refractivity contribution < 1.29 is 4.74 Å². The van der Waals surface area contributed by atoms with Crippen molar-refractivity contribution in [2.45, 2.75) is 25.7 Å². The molecule has 4 nitrogen and oxygen atoms in total. The summed E-state index contributed by atoms with van der Waals surface area (Å²) in [5, 5.41) is 3.36. The first-order chi connectivity index (χ1) is 7.79. The standard InChI is InChI=1S/C12H25N3O/c1-15(2)9-11-16-10-8-14-12-6-4-3-5-7-13-12/h3-11H2,1-2H3,(H,13,14). The van der Waals surface area contributed by atoms with Crippen LogP contribution in [0.4, 0.5) is 0 Å². The van der Waals surface area contributed by atoms with Gasteiger partial charge >= 0.3 is 0 Å².